The normalized spacial score (nSPS) is 11.8. The molecular weight excluding hydrogens is 376 g/mol. The molecular formula is C22H27ClN2O3. The van der Waals surface area contributed by atoms with Crippen molar-refractivity contribution in [1.29, 1.82) is 0 Å². The molecule has 150 valence electrons. The van der Waals surface area contributed by atoms with E-state index >= 15 is 0 Å². The summed E-state index contributed by atoms with van der Waals surface area (Å²) in [6, 6.07) is 16.1. The first kappa shape index (κ1) is 21.8. The number of hydrogen-bond donors (Lipinski definition) is 1. The third-order valence-corrected chi connectivity index (χ3v) is 4.51. The molecule has 0 saturated heterocycles. The quantitative estimate of drug-likeness (QED) is 0.695. The van der Waals surface area contributed by atoms with E-state index in [1.54, 1.807) is 36.1 Å². The van der Waals surface area contributed by atoms with E-state index in [0.29, 0.717) is 23.7 Å². The van der Waals surface area contributed by atoms with Crippen molar-refractivity contribution < 1.29 is 14.3 Å². The lowest BCUT2D eigenvalue weighted by molar-refractivity contribution is -0.141. The van der Waals surface area contributed by atoms with Crippen LogP contribution in [0, 0.1) is 0 Å². The molecule has 28 heavy (non-hydrogen) atoms. The molecule has 2 amide bonds. The lowest BCUT2D eigenvalue weighted by Gasteiger charge is -2.29. The Morgan fingerprint density at radius 1 is 1.04 bits per heavy atom. The molecule has 0 saturated carbocycles. The maximum absolute atomic E-state index is 12.8. The van der Waals surface area contributed by atoms with E-state index in [-0.39, 0.29) is 24.5 Å². The molecule has 0 aliphatic carbocycles. The predicted octanol–water partition coefficient (Wildman–Crippen LogP) is 3.70. The molecule has 0 aliphatic heterocycles. The number of carbonyl (C=O) groups is 2. The molecule has 0 heterocycles. The number of benzene rings is 2. The van der Waals surface area contributed by atoms with E-state index in [1.165, 1.54) is 0 Å². The summed E-state index contributed by atoms with van der Waals surface area (Å²) in [6.07, 6.45) is 0.660. The highest BCUT2D eigenvalue weighted by Gasteiger charge is 2.26. The number of nitrogens with one attached hydrogen (secondary N) is 1. The summed E-state index contributed by atoms with van der Waals surface area (Å²) in [5.41, 5.74) is 1.11. The Balaban J connectivity index is 2.05. The Kier molecular flexibility index (Phi) is 8.33. The minimum absolute atomic E-state index is 0.00587. The van der Waals surface area contributed by atoms with Gasteiger partial charge in [-0.1, -0.05) is 41.9 Å². The van der Waals surface area contributed by atoms with Crippen molar-refractivity contribution in [3.05, 3.63) is 65.2 Å². The smallest absolute Gasteiger partial charge is 0.261 e. The highest BCUT2D eigenvalue weighted by Crippen LogP contribution is 2.16. The molecule has 5 nitrogen and oxygen atoms in total. The molecule has 0 radical (unpaired) electrons. The highest BCUT2D eigenvalue weighted by molar-refractivity contribution is 6.30. The summed E-state index contributed by atoms with van der Waals surface area (Å²) in [5, 5.41) is 3.47. The Hall–Kier alpha value is -2.53. The third-order valence-electron chi connectivity index (χ3n) is 4.26. The van der Waals surface area contributed by atoms with Gasteiger partial charge < -0.3 is 15.0 Å². The summed E-state index contributed by atoms with van der Waals surface area (Å²) in [7, 11) is 0. The van der Waals surface area contributed by atoms with Crippen molar-refractivity contribution in [2.75, 3.05) is 13.2 Å². The van der Waals surface area contributed by atoms with Crippen LogP contribution in [0.5, 0.6) is 5.75 Å². The number of hydrogen-bond acceptors (Lipinski definition) is 3. The lowest BCUT2D eigenvalue weighted by Crippen LogP contribution is -2.51. The summed E-state index contributed by atoms with van der Waals surface area (Å²) in [4.78, 5) is 26.9. The fourth-order valence-corrected chi connectivity index (χ4v) is 2.86. The van der Waals surface area contributed by atoms with Crippen LogP contribution < -0.4 is 10.1 Å². The molecule has 2 rings (SSSR count). The largest absolute Gasteiger partial charge is 0.484 e. The van der Waals surface area contributed by atoms with Gasteiger partial charge in [-0.2, -0.15) is 0 Å². The van der Waals surface area contributed by atoms with Gasteiger partial charge in [0.15, 0.2) is 6.61 Å². The number of ether oxygens (including phenoxy) is 1. The van der Waals surface area contributed by atoms with Crippen LogP contribution in [0.1, 0.15) is 26.3 Å². The van der Waals surface area contributed by atoms with E-state index in [0.717, 1.165) is 5.56 Å². The Labute approximate surface area is 171 Å². The molecule has 0 bridgehead atoms. The fourth-order valence-electron chi connectivity index (χ4n) is 2.73. The number of halogens is 1. The predicted molar refractivity (Wildman–Crippen MR) is 112 cm³/mol. The lowest BCUT2D eigenvalue weighted by atomic mass is 10.1. The van der Waals surface area contributed by atoms with Gasteiger partial charge in [-0.05, 0) is 57.0 Å². The SMILES string of the molecule is CC(C)NC(=O)[C@@H](C)N(CCc1ccccc1)C(=O)COc1ccc(Cl)cc1. The van der Waals surface area contributed by atoms with Crippen molar-refractivity contribution >= 4 is 23.4 Å². The van der Waals surface area contributed by atoms with Crippen LogP contribution in [0.15, 0.2) is 54.6 Å². The standard InChI is InChI=1S/C22H27ClN2O3/c1-16(2)24-22(27)17(3)25(14-13-18-7-5-4-6-8-18)21(26)15-28-20-11-9-19(23)10-12-20/h4-12,16-17H,13-15H2,1-3H3,(H,24,27)/t17-/m1/s1. The average molecular weight is 403 g/mol. The minimum atomic E-state index is -0.590. The molecule has 1 N–H and O–H groups in total. The zero-order chi connectivity index (χ0) is 20.5. The number of carbonyl (C=O) groups excluding carboxylic acids is 2. The Morgan fingerprint density at radius 3 is 2.29 bits per heavy atom. The molecule has 1 atom stereocenters. The van der Waals surface area contributed by atoms with Gasteiger partial charge in [-0.25, -0.2) is 0 Å². The Bertz CT molecular complexity index is 763. The van der Waals surface area contributed by atoms with Gasteiger partial charge in [0.1, 0.15) is 11.8 Å². The van der Waals surface area contributed by atoms with Gasteiger partial charge in [0.2, 0.25) is 5.91 Å². The summed E-state index contributed by atoms with van der Waals surface area (Å²) < 4.78 is 5.59. The number of amides is 2. The monoisotopic (exact) mass is 402 g/mol. The molecule has 0 fully saturated rings. The van der Waals surface area contributed by atoms with E-state index in [9.17, 15) is 9.59 Å². The maximum atomic E-state index is 12.8. The minimum Gasteiger partial charge on any atom is -0.484 e. The topological polar surface area (TPSA) is 58.6 Å². The van der Waals surface area contributed by atoms with Gasteiger partial charge in [0.25, 0.3) is 5.91 Å². The second-order valence-corrected chi connectivity index (χ2v) is 7.34. The average Bonchev–Trinajstić information content (AvgIpc) is 2.67. The van der Waals surface area contributed by atoms with Crippen molar-refractivity contribution in [3.63, 3.8) is 0 Å². The van der Waals surface area contributed by atoms with E-state index in [1.807, 2.05) is 44.2 Å². The van der Waals surface area contributed by atoms with Crippen molar-refractivity contribution in [2.24, 2.45) is 0 Å². The first-order chi connectivity index (χ1) is 13.4. The van der Waals surface area contributed by atoms with Crippen LogP contribution in [-0.4, -0.2) is 41.9 Å². The van der Waals surface area contributed by atoms with Crippen LogP contribution in [-0.2, 0) is 16.0 Å². The molecule has 0 aliphatic rings. The number of rotatable bonds is 9. The molecule has 2 aromatic rings. The van der Waals surface area contributed by atoms with Crippen LogP contribution in [0.4, 0.5) is 0 Å². The molecule has 0 aromatic heterocycles. The first-order valence-electron chi connectivity index (χ1n) is 9.39. The summed E-state index contributed by atoms with van der Waals surface area (Å²) >= 11 is 5.87. The summed E-state index contributed by atoms with van der Waals surface area (Å²) in [5.74, 6) is 0.139. The maximum Gasteiger partial charge on any atom is 0.261 e. The second-order valence-electron chi connectivity index (χ2n) is 6.90. The van der Waals surface area contributed by atoms with Gasteiger partial charge in [0, 0.05) is 17.6 Å². The Morgan fingerprint density at radius 2 is 1.68 bits per heavy atom. The molecule has 0 spiro atoms. The van der Waals surface area contributed by atoms with Crippen LogP contribution in [0.3, 0.4) is 0 Å². The molecule has 0 unspecified atom stereocenters. The van der Waals surface area contributed by atoms with E-state index in [2.05, 4.69) is 5.32 Å². The van der Waals surface area contributed by atoms with Crippen molar-refractivity contribution in [3.8, 4) is 5.75 Å². The first-order valence-corrected chi connectivity index (χ1v) is 9.76. The van der Waals surface area contributed by atoms with Crippen LogP contribution >= 0.6 is 11.6 Å². The van der Waals surface area contributed by atoms with Gasteiger partial charge >= 0.3 is 0 Å². The zero-order valence-electron chi connectivity index (χ0n) is 16.5. The molecule has 6 heteroatoms. The van der Waals surface area contributed by atoms with Crippen molar-refractivity contribution in [2.45, 2.75) is 39.3 Å². The number of nitrogens with zero attached hydrogens (tertiary/aromatic N) is 1. The van der Waals surface area contributed by atoms with Gasteiger partial charge in [-0.15, -0.1) is 0 Å². The van der Waals surface area contributed by atoms with Crippen LogP contribution in [0.25, 0.3) is 0 Å². The van der Waals surface area contributed by atoms with E-state index in [4.69, 9.17) is 16.3 Å². The fraction of sp³-hybridized carbons (Fsp3) is 0.364. The van der Waals surface area contributed by atoms with Gasteiger partial charge in [0.05, 0.1) is 0 Å². The van der Waals surface area contributed by atoms with E-state index < -0.39 is 6.04 Å². The summed E-state index contributed by atoms with van der Waals surface area (Å²) in [6.45, 7) is 5.81. The van der Waals surface area contributed by atoms with Crippen molar-refractivity contribution in [1.82, 2.24) is 10.2 Å². The zero-order valence-corrected chi connectivity index (χ0v) is 17.3. The molecule has 2 aromatic carbocycles. The van der Waals surface area contributed by atoms with Gasteiger partial charge in [-0.3, -0.25) is 9.59 Å². The highest BCUT2D eigenvalue weighted by atomic mass is 35.5. The third kappa shape index (κ3) is 6.89. The second kappa shape index (κ2) is 10.7. The van der Waals surface area contributed by atoms with Crippen LogP contribution in [0.2, 0.25) is 5.02 Å².